The van der Waals surface area contributed by atoms with Crippen molar-refractivity contribution in [2.24, 2.45) is 12.9 Å². The summed E-state index contributed by atoms with van der Waals surface area (Å²) in [4.78, 5) is 4.69. The standard InChI is InChI=1S/C9H17N3O/c1-7-8(5-11-12(7)4)9(2,3)6-13-10/h5H,6,10H2,1-4H3. The second-order valence-electron chi connectivity index (χ2n) is 3.96. The van der Waals surface area contributed by atoms with Crippen LogP contribution in [0.15, 0.2) is 6.20 Å². The Morgan fingerprint density at radius 3 is 2.62 bits per heavy atom. The Kier molecular flexibility index (Phi) is 2.73. The number of aromatic nitrogens is 2. The molecule has 1 heterocycles. The molecule has 0 saturated carbocycles. The minimum atomic E-state index is -0.0763. The fourth-order valence-corrected chi connectivity index (χ4v) is 1.45. The molecule has 4 nitrogen and oxygen atoms in total. The molecule has 0 bridgehead atoms. The molecule has 4 heteroatoms. The molecule has 0 fully saturated rings. The molecule has 1 aromatic heterocycles. The molecule has 0 radical (unpaired) electrons. The molecule has 0 aliphatic carbocycles. The van der Waals surface area contributed by atoms with E-state index in [-0.39, 0.29) is 5.41 Å². The molecule has 0 amide bonds. The van der Waals surface area contributed by atoms with Crippen molar-refractivity contribution in [2.45, 2.75) is 26.2 Å². The van der Waals surface area contributed by atoms with Crippen molar-refractivity contribution in [1.82, 2.24) is 9.78 Å². The van der Waals surface area contributed by atoms with Crippen molar-refractivity contribution in [3.8, 4) is 0 Å². The highest BCUT2D eigenvalue weighted by Crippen LogP contribution is 2.25. The highest BCUT2D eigenvalue weighted by molar-refractivity contribution is 5.25. The van der Waals surface area contributed by atoms with Crippen molar-refractivity contribution >= 4 is 0 Å². The fraction of sp³-hybridized carbons (Fsp3) is 0.667. The maximum absolute atomic E-state index is 5.08. The van der Waals surface area contributed by atoms with Crippen LogP contribution in [0.2, 0.25) is 0 Å². The molecule has 0 aliphatic rings. The van der Waals surface area contributed by atoms with Crippen LogP contribution in [0.3, 0.4) is 0 Å². The van der Waals surface area contributed by atoms with E-state index < -0.39 is 0 Å². The summed E-state index contributed by atoms with van der Waals surface area (Å²) in [7, 11) is 1.93. The van der Waals surface area contributed by atoms with Gasteiger partial charge in [-0.2, -0.15) is 5.10 Å². The highest BCUT2D eigenvalue weighted by Gasteiger charge is 2.24. The lowest BCUT2D eigenvalue weighted by Gasteiger charge is -2.22. The molecule has 74 valence electrons. The number of hydrogen-bond donors (Lipinski definition) is 1. The Labute approximate surface area is 78.6 Å². The monoisotopic (exact) mass is 183 g/mol. The van der Waals surface area contributed by atoms with Crippen LogP contribution in [-0.4, -0.2) is 16.4 Å². The van der Waals surface area contributed by atoms with Gasteiger partial charge in [0.15, 0.2) is 0 Å². The summed E-state index contributed by atoms with van der Waals surface area (Å²) < 4.78 is 1.85. The van der Waals surface area contributed by atoms with Crippen molar-refractivity contribution in [1.29, 1.82) is 0 Å². The van der Waals surface area contributed by atoms with Crippen LogP contribution in [-0.2, 0) is 17.3 Å². The van der Waals surface area contributed by atoms with Gasteiger partial charge in [0.2, 0.25) is 0 Å². The molecular formula is C9H17N3O. The fourth-order valence-electron chi connectivity index (χ4n) is 1.45. The molecule has 0 aliphatic heterocycles. The van der Waals surface area contributed by atoms with Gasteiger partial charge in [0.1, 0.15) is 0 Å². The SMILES string of the molecule is Cc1c(C(C)(C)CON)cnn1C. The number of nitrogens with zero attached hydrogens (tertiary/aromatic N) is 2. The van der Waals surface area contributed by atoms with Crippen LogP contribution in [0, 0.1) is 6.92 Å². The summed E-state index contributed by atoms with van der Waals surface area (Å²) in [6, 6.07) is 0. The van der Waals surface area contributed by atoms with Crippen molar-refractivity contribution in [3.05, 3.63) is 17.5 Å². The van der Waals surface area contributed by atoms with Crippen molar-refractivity contribution in [2.75, 3.05) is 6.61 Å². The second-order valence-corrected chi connectivity index (χ2v) is 3.96. The van der Waals surface area contributed by atoms with E-state index in [1.807, 2.05) is 24.9 Å². The van der Waals surface area contributed by atoms with E-state index in [0.29, 0.717) is 6.61 Å². The number of hydrogen-bond acceptors (Lipinski definition) is 3. The minimum absolute atomic E-state index is 0.0763. The third kappa shape index (κ3) is 1.89. The van der Waals surface area contributed by atoms with Crippen molar-refractivity contribution < 1.29 is 4.84 Å². The van der Waals surface area contributed by atoms with Crippen LogP contribution in [0.5, 0.6) is 0 Å². The third-order valence-electron chi connectivity index (χ3n) is 2.41. The van der Waals surface area contributed by atoms with Gasteiger partial charge in [-0.05, 0) is 6.92 Å². The Balaban J connectivity index is 2.99. The van der Waals surface area contributed by atoms with E-state index in [4.69, 9.17) is 5.90 Å². The first-order valence-corrected chi connectivity index (χ1v) is 4.30. The lowest BCUT2D eigenvalue weighted by atomic mass is 9.86. The van der Waals surface area contributed by atoms with E-state index in [1.165, 1.54) is 5.56 Å². The molecule has 0 aromatic carbocycles. The van der Waals surface area contributed by atoms with Crippen LogP contribution >= 0.6 is 0 Å². The summed E-state index contributed by atoms with van der Waals surface area (Å²) in [5.41, 5.74) is 2.26. The van der Waals surface area contributed by atoms with Gasteiger partial charge in [0, 0.05) is 23.7 Å². The molecule has 2 N–H and O–H groups in total. The first kappa shape index (κ1) is 10.2. The first-order chi connectivity index (χ1) is 5.99. The van der Waals surface area contributed by atoms with Crippen LogP contribution < -0.4 is 5.90 Å². The van der Waals surface area contributed by atoms with E-state index in [9.17, 15) is 0 Å². The molecule has 0 atom stereocenters. The predicted octanol–water partition coefficient (Wildman–Crippen LogP) is 0.896. The first-order valence-electron chi connectivity index (χ1n) is 4.30. The molecule has 13 heavy (non-hydrogen) atoms. The number of aryl methyl sites for hydroxylation is 1. The van der Waals surface area contributed by atoms with E-state index in [2.05, 4.69) is 23.8 Å². The lowest BCUT2D eigenvalue weighted by molar-refractivity contribution is 0.0962. The van der Waals surface area contributed by atoms with Crippen LogP contribution in [0.25, 0.3) is 0 Å². The lowest BCUT2D eigenvalue weighted by Crippen LogP contribution is -2.26. The number of nitrogens with two attached hydrogens (primary N) is 1. The quantitative estimate of drug-likeness (QED) is 0.708. The normalized spacial score (nSPS) is 12.1. The summed E-state index contributed by atoms with van der Waals surface area (Å²) in [6.45, 7) is 6.72. The van der Waals surface area contributed by atoms with Crippen LogP contribution in [0.4, 0.5) is 0 Å². The summed E-state index contributed by atoms with van der Waals surface area (Å²) in [6.07, 6.45) is 1.87. The van der Waals surface area contributed by atoms with Gasteiger partial charge in [0.05, 0.1) is 12.8 Å². The van der Waals surface area contributed by atoms with Gasteiger partial charge in [-0.3, -0.25) is 4.68 Å². The largest absolute Gasteiger partial charge is 0.304 e. The number of rotatable bonds is 3. The Bertz CT molecular complexity index is 291. The highest BCUT2D eigenvalue weighted by atomic mass is 16.6. The van der Waals surface area contributed by atoms with Crippen LogP contribution in [0.1, 0.15) is 25.1 Å². The summed E-state index contributed by atoms with van der Waals surface area (Å²) >= 11 is 0. The van der Waals surface area contributed by atoms with Gasteiger partial charge >= 0.3 is 0 Å². The van der Waals surface area contributed by atoms with Gasteiger partial charge in [-0.1, -0.05) is 13.8 Å². The molecule has 0 spiro atoms. The van der Waals surface area contributed by atoms with Gasteiger partial charge < -0.3 is 4.84 Å². The predicted molar refractivity (Wildman–Crippen MR) is 51.1 cm³/mol. The second kappa shape index (κ2) is 3.47. The maximum atomic E-state index is 5.08. The topological polar surface area (TPSA) is 53.1 Å². The Morgan fingerprint density at radius 2 is 2.23 bits per heavy atom. The molecule has 0 saturated heterocycles. The minimum Gasteiger partial charge on any atom is -0.304 e. The summed E-state index contributed by atoms with van der Waals surface area (Å²) in [5, 5.41) is 4.18. The molecule has 1 aromatic rings. The van der Waals surface area contributed by atoms with E-state index >= 15 is 0 Å². The zero-order chi connectivity index (χ0) is 10.1. The van der Waals surface area contributed by atoms with Gasteiger partial charge in [-0.15, -0.1) is 0 Å². The van der Waals surface area contributed by atoms with E-state index in [0.717, 1.165) is 5.69 Å². The zero-order valence-electron chi connectivity index (χ0n) is 8.66. The summed E-state index contributed by atoms with van der Waals surface area (Å²) in [5.74, 6) is 5.08. The zero-order valence-corrected chi connectivity index (χ0v) is 8.66. The van der Waals surface area contributed by atoms with Gasteiger partial charge in [0.25, 0.3) is 0 Å². The van der Waals surface area contributed by atoms with Crippen molar-refractivity contribution in [3.63, 3.8) is 0 Å². The smallest absolute Gasteiger partial charge is 0.0771 e. The molecule has 0 unspecified atom stereocenters. The van der Waals surface area contributed by atoms with E-state index in [1.54, 1.807) is 0 Å². The van der Waals surface area contributed by atoms with Gasteiger partial charge in [-0.25, -0.2) is 5.90 Å². The molecule has 1 rings (SSSR count). The molecular weight excluding hydrogens is 166 g/mol. The Hall–Kier alpha value is -0.870. The third-order valence-corrected chi connectivity index (χ3v) is 2.41. The average Bonchev–Trinajstić information content (AvgIpc) is 2.33. The maximum Gasteiger partial charge on any atom is 0.0771 e. The Morgan fingerprint density at radius 1 is 1.62 bits per heavy atom. The average molecular weight is 183 g/mol.